The molecule has 0 aromatic carbocycles. The van der Waals surface area contributed by atoms with Gasteiger partial charge >= 0.3 is 0 Å². The molecule has 0 spiro atoms. The Morgan fingerprint density at radius 1 is 1.55 bits per heavy atom. The predicted molar refractivity (Wildman–Crippen MR) is 47.0 cm³/mol. The smallest absolute Gasteiger partial charge is 0.103 e. The van der Waals surface area contributed by atoms with Gasteiger partial charge in [-0.25, -0.2) is 0 Å². The molecule has 0 saturated carbocycles. The average Bonchev–Trinajstić information content (AvgIpc) is 1.85. The van der Waals surface area contributed by atoms with Gasteiger partial charge in [0.25, 0.3) is 0 Å². The van der Waals surface area contributed by atoms with Gasteiger partial charge in [-0.1, -0.05) is 18.3 Å². The molecule has 0 bridgehead atoms. The fourth-order valence-corrected chi connectivity index (χ4v) is 1.26. The summed E-state index contributed by atoms with van der Waals surface area (Å²) in [6.07, 6.45) is -0.429. The van der Waals surface area contributed by atoms with E-state index in [0.29, 0.717) is 4.64 Å². The standard InChI is InChI=1S/C8H11NOS/c1-5-7(6(2)10)3-4-8(11)9-5/h3-4,6,10H,1-2H3,(H,9,11). The number of aliphatic hydroxyl groups excluding tert-OH is 1. The molecule has 0 radical (unpaired) electrons. The average molecular weight is 169 g/mol. The van der Waals surface area contributed by atoms with Gasteiger partial charge in [-0.15, -0.1) is 0 Å². The highest BCUT2D eigenvalue weighted by Crippen LogP contribution is 2.13. The lowest BCUT2D eigenvalue weighted by atomic mass is 10.1. The van der Waals surface area contributed by atoms with Crippen LogP contribution in [-0.4, -0.2) is 10.1 Å². The Labute approximate surface area is 70.9 Å². The monoisotopic (exact) mass is 169 g/mol. The molecule has 60 valence electrons. The fourth-order valence-electron chi connectivity index (χ4n) is 1.04. The fraction of sp³-hybridized carbons (Fsp3) is 0.375. The molecule has 11 heavy (non-hydrogen) atoms. The second-order valence-corrected chi connectivity index (χ2v) is 3.02. The molecule has 0 amide bonds. The zero-order valence-electron chi connectivity index (χ0n) is 6.59. The summed E-state index contributed by atoms with van der Waals surface area (Å²) in [6.45, 7) is 3.64. The number of rotatable bonds is 1. The van der Waals surface area contributed by atoms with Gasteiger partial charge in [-0.2, -0.15) is 0 Å². The van der Waals surface area contributed by atoms with Gasteiger partial charge in [0.1, 0.15) is 4.64 Å². The molecule has 1 aromatic heterocycles. The summed E-state index contributed by atoms with van der Waals surface area (Å²) in [4.78, 5) is 2.97. The van der Waals surface area contributed by atoms with Crippen molar-refractivity contribution in [2.24, 2.45) is 0 Å². The molecule has 0 saturated heterocycles. The van der Waals surface area contributed by atoms with Crippen LogP contribution in [0.4, 0.5) is 0 Å². The number of pyridine rings is 1. The summed E-state index contributed by atoms with van der Waals surface area (Å²) in [6, 6.07) is 3.63. The van der Waals surface area contributed by atoms with Crippen LogP contribution in [0.3, 0.4) is 0 Å². The van der Waals surface area contributed by atoms with E-state index in [1.165, 1.54) is 0 Å². The quantitative estimate of drug-likeness (QED) is 0.632. The third-order valence-electron chi connectivity index (χ3n) is 1.61. The summed E-state index contributed by atoms with van der Waals surface area (Å²) < 4.78 is 0.701. The molecule has 1 unspecified atom stereocenters. The number of aliphatic hydroxyl groups is 1. The van der Waals surface area contributed by atoms with Crippen LogP contribution in [0.25, 0.3) is 0 Å². The van der Waals surface area contributed by atoms with Gasteiger partial charge in [-0.3, -0.25) is 0 Å². The molecule has 1 aromatic rings. The van der Waals surface area contributed by atoms with E-state index in [1.807, 2.05) is 13.0 Å². The van der Waals surface area contributed by atoms with E-state index in [2.05, 4.69) is 4.98 Å². The van der Waals surface area contributed by atoms with Crippen molar-refractivity contribution in [3.05, 3.63) is 28.0 Å². The Morgan fingerprint density at radius 2 is 2.18 bits per heavy atom. The van der Waals surface area contributed by atoms with Crippen LogP contribution in [0.1, 0.15) is 24.3 Å². The molecule has 3 heteroatoms. The summed E-state index contributed by atoms with van der Waals surface area (Å²) >= 11 is 4.91. The van der Waals surface area contributed by atoms with Crippen LogP contribution < -0.4 is 0 Å². The summed E-state index contributed by atoms with van der Waals surface area (Å²) in [5.41, 5.74) is 1.84. The maximum absolute atomic E-state index is 9.24. The Balaban J connectivity index is 3.20. The van der Waals surface area contributed by atoms with Crippen LogP contribution in [0.2, 0.25) is 0 Å². The van der Waals surface area contributed by atoms with Gasteiger partial charge in [-0.05, 0) is 25.5 Å². The minimum absolute atomic E-state index is 0.429. The number of nitrogens with one attached hydrogen (secondary N) is 1. The second-order valence-electron chi connectivity index (χ2n) is 2.58. The van der Waals surface area contributed by atoms with E-state index >= 15 is 0 Å². The first-order chi connectivity index (χ1) is 5.11. The SMILES string of the molecule is Cc1[nH]c(=S)ccc1C(C)O. The topological polar surface area (TPSA) is 36.0 Å². The van der Waals surface area contributed by atoms with Gasteiger partial charge in [0.2, 0.25) is 0 Å². The Hall–Kier alpha value is -0.670. The third kappa shape index (κ3) is 1.88. The van der Waals surface area contributed by atoms with Crippen molar-refractivity contribution >= 4 is 12.2 Å². The summed E-state index contributed by atoms with van der Waals surface area (Å²) in [5, 5.41) is 9.24. The van der Waals surface area contributed by atoms with Crippen molar-refractivity contribution in [3.8, 4) is 0 Å². The van der Waals surface area contributed by atoms with Gasteiger partial charge in [0, 0.05) is 5.69 Å². The largest absolute Gasteiger partial charge is 0.389 e. The van der Waals surface area contributed by atoms with E-state index in [-0.39, 0.29) is 0 Å². The zero-order chi connectivity index (χ0) is 8.43. The predicted octanol–water partition coefficient (Wildman–Crippen LogP) is 2.11. The zero-order valence-corrected chi connectivity index (χ0v) is 7.40. The van der Waals surface area contributed by atoms with Gasteiger partial charge in [0.05, 0.1) is 6.10 Å². The number of H-pyrrole nitrogens is 1. The lowest BCUT2D eigenvalue weighted by Crippen LogP contribution is -1.96. The van der Waals surface area contributed by atoms with E-state index in [4.69, 9.17) is 12.2 Å². The van der Waals surface area contributed by atoms with Crippen molar-refractivity contribution in [3.63, 3.8) is 0 Å². The highest BCUT2D eigenvalue weighted by Gasteiger charge is 2.02. The first kappa shape index (κ1) is 8.43. The maximum Gasteiger partial charge on any atom is 0.103 e. The van der Waals surface area contributed by atoms with Crippen molar-refractivity contribution in [2.75, 3.05) is 0 Å². The molecule has 1 heterocycles. The van der Waals surface area contributed by atoms with E-state index in [0.717, 1.165) is 11.3 Å². The number of aromatic nitrogens is 1. The first-order valence-electron chi connectivity index (χ1n) is 3.49. The van der Waals surface area contributed by atoms with Crippen molar-refractivity contribution in [1.29, 1.82) is 0 Å². The molecule has 2 nitrogen and oxygen atoms in total. The number of hydrogen-bond donors (Lipinski definition) is 2. The number of hydrogen-bond acceptors (Lipinski definition) is 2. The molecular weight excluding hydrogens is 158 g/mol. The van der Waals surface area contributed by atoms with Crippen LogP contribution in [-0.2, 0) is 0 Å². The Morgan fingerprint density at radius 3 is 2.64 bits per heavy atom. The molecule has 2 N–H and O–H groups in total. The Bertz CT molecular complexity index is 303. The molecule has 1 atom stereocenters. The molecule has 0 aliphatic heterocycles. The van der Waals surface area contributed by atoms with E-state index in [9.17, 15) is 5.11 Å². The van der Waals surface area contributed by atoms with Crippen molar-refractivity contribution < 1.29 is 5.11 Å². The normalized spacial score (nSPS) is 13.0. The minimum Gasteiger partial charge on any atom is -0.389 e. The highest BCUT2D eigenvalue weighted by molar-refractivity contribution is 7.71. The number of aryl methyl sites for hydroxylation is 1. The lowest BCUT2D eigenvalue weighted by molar-refractivity contribution is 0.198. The molecule has 0 aliphatic rings. The minimum atomic E-state index is -0.429. The van der Waals surface area contributed by atoms with Crippen LogP contribution >= 0.6 is 12.2 Å². The van der Waals surface area contributed by atoms with Crippen LogP contribution in [0, 0.1) is 11.6 Å². The highest BCUT2D eigenvalue weighted by atomic mass is 32.1. The molecule has 0 fully saturated rings. The van der Waals surface area contributed by atoms with Crippen molar-refractivity contribution in [2.45, 2.75) is 20.0 Å². The van der Waals surface area contributed by atoms with Crippen LogP contribution in [0.15, 0.2) is 12.1 Å². The molecule has 1 rings (SSSR count). The molecule has 0 aliphatic carbocycles. The second kappa shape index (κ2) is 3.15. The first-order valence-corrected chi connectivity index (χ1v) is 3.90. The lowest BCUT2D eigenvalue weighted by Gasteiger charge is -2.07. The number of aromatic amines is 1. The summed E-state index contributed by atoms with van der Waals surface area (Å²) in [5.74, 6) is 0. The Kier molecular flexibility index (Phi) is 2.42. The molecular formula is C8H11NOS. The van der Waals surface area contributed by atoms with Gasteiger partial charge < -0.3 is 10.1 Å². The van der Waals surface area contributed by atoms with Crippen LogP contribution in [0.5, 0.6) is 0 Å². The van der Waals surface area contributed by atoms with Crippen molar-refractivity contribution in [1.82, 2.24) is 4.98 Å². The third-order valence-corrected chi connectivity index (χ3v) is 1.85. The van der Waals surface area contributed by atoms with E-state index in [1.54, 1.807) is 13.0 Å². The van der Waals surface area contributed by atoms with E-state index < -0.39 is 6.10 Å². The maximum atomic E-state index is 9.24. The summed E-state index contributed by atoms with van der Waals surface area (Å²) in [7, 11) is 0. The van der Waals surface area contributed by atoms with Gasteiger partial charge in [0.15, 0.2) is 0 Å².